The number of halogens is 3. The first-order chi connectivity index (χ1) is 10.0. The van der Waals surface area contributed by atoms with Gasteiger partial charge in [-0.2, -0.15) is 0 Å². The molecule has 0 aromatic heterocycles. The van der Waals surface area contributed by atoms with Crippen LogP contribution in [0.25, 0.3) is 0 Å². The summed E-state index contributed by atoms with van der Waals surface area (Å²) in [5.74, 6) is -0.560. The van der Waals surface area contributed by atoms with E-state index in [4.69, 9.17) is 11.6 Å². The number of aryl methyl sites for hydroxylation is 1. The molecule has 21 heavy (non-hydrogen) atoms. The molecule has 2 rings (SSSR count). The van der Waals surface area contributed by atoms with Gasteiger partial charge >= 0.3 is 0 Å². The largest absolute Gasteiger partial charge is 0.310 e. The zero-order chi connectivity index (χ0) is 15.4. The van der Waals surface area contributed by atoms with Crippen LogP contribution in [0.15, 0.2) is 36.4 Å². The minimum absolute atomic E-state index is 0.0349. The van der Waals surface area contributed by atoms with Crippen molar-refractivity contribution >= 4 is 11.6 Å². The fraction of sp³-hybridized carbons (Fsp3) is 0.294. The molecule has 2 aromatic rings. The van der Waals surface area contributed by atoms with Crippen LogP contribution in [0.5, 0.6) is 0 Å². The Labute approximate surface area is 128 Å². The Morgan fingerprint density at radius 2 is 1.81 bits per heavy atom. The average molecular weight is 310 g/mol. The molecule has 0 aliphatic heterocycles. The van der Waals surface area contributed by atoms with Crippen molar-refractivity contribution in [2.75, 3.05) is 6.54 Å². The van der Waals surface area contributed by atoms with Gasteiger partial charge in [-0.15, -0.1) is 0 Å². The van der Waals surface area contributed by atoms with Gasteiger partial charge in [-0.25, -0.2) is 8.78 Å². The normalized spacial score (nSPS) is 12.4. The maximum atomic E-state index is 13.5. The molecule has 0 bridgehead atoms. The van der Waals surface area contributed by atoms with Crippen molar-refractivity contribution in [3.8, 4) is 0 Å². The van der Waals surface area contributed by atoms with Crippen LogP contribution in [0.2, 0.25) is 5.02 Å². The summed E-state index contributed by atoms with van der Waals surface area (Å²) in [6, 6.07) is 9.47. The molecule has 1 N–H and O–H groups in total. The maximum Gasteiger partial charge on any atom is 0.127 e. The number of benzene rings is 2. The number of rotatable bonds is 5. The van der Waals surface area contributed by atoms with Crippen molar-refractivity contribution in [3.05, 3.63) is 69.7 Å². The minimum atomic E-state index is -0.305. The lowest BCUT2D eigenvalue weighted by Gasteiger charge is -2.20. The summed E-state index contributed by atoms with van der Waals surface area (Å²) in [4.78, 5) is 0. The lowest BCUT2D eigenvalue weighted by Crippen LogP contribution is -2.23. The van der Waals surface area contributed by atoms with Crippen LogP contribution in [0.1, 0.15) is 29.7 Å². The van der Waals surface area contributed by atoms with E-state index in [0.717, 1.165) is 17.7 Å². The molecule has 0 spiro atoms. The molecule has 0 saturated carbocycles. The molecule has 0 amide bonds. The van der Waals surface area contributed by atoms with E-state index in [2.05, 4.69) is 5.32 Å². The second-order valence-corrected chi connectivity index (χ2v) is 5.47. The SMILES string of the molecule is CCNC(Cc1ccc(F)cc1)c1cc(C)c(F)cc1Cl. The number of likely N-dealkylation sites (N-methyl/N-ethyl adjacent to an activating group) is 1. The number of hydrogen-bond donors (Lipinski definition) is 1. The van der Waals surface area contributed by atoms with Crippen LogP contribution in [-0.4, -0.2) is 6.54 Å². The van der Waals surface area contributed by atoms with E-state index in [-0.39, 0.29) is 17.7 Å². The Hall–Kier alpha value is -1.45. The predicted octanol–water partition coefficient (Wildman–Crippen LogP) is 4.82. The first-order valence-electron chi connectivity index (χ1n) is 6.94. The van der Waals surface area contributed by atoms with Crippen molar-refractivity contribution in [3.63, 3.8) is 0 Å². The van der Waals surface area contributed by atoms with E-state index in [9.17, 15) is 8.78 Å². The fourth-order valence-electron chi connectivity index (χ4n) is 2.34. The smallest absolute Gasteiger partial charge is 0.127 e. The zero-order valence-corrected chi connectivity index (χ0v) is 12.8. The fourth-order valence-corrected chi connectivity index (χ4v) is 2.62. The average Bonchev–Trinajstić information content (AvgIpc) is 2.45. The monoisotopic (exact) mass is 309 g/mol. The summed E-state index contributed by atoms with van der Waals surface area (Å²) >= 11 is 6.18. The summed E-state index contributed by atoms with van der Waals surface area (Å²) in [6.07, 6.45) is 0.666. The summed E-state index contributed by atoms with van der Waals surface area (Å²) in [6.45, 7) is 4.48. The molecule has 1 atom stereocenters. The van der Waals surface area contributed by atoms with Crippen LogP contribution in [0.4, 0.5) is 8.78 Å². The van der Waals surface area contributed by atoms with Gasteiger partial charge in [-0.3, -0.25) is 0 Å². The Morgan fingerprint density at radius 1 is 1.14 bits per heavy atom. The van der Waals surface area contributed by atoms with Gasteiger partial charge in [0.2, 0.25) is 0 Å². The van der Waals surface area contributed by atoms with Gasteiger partial charge in [0, 0.05) is 11.1 Å². The van der Waals surface area contributed by atoms with Gasteiger partial charge in [-0.05, 0) is 54.8 Å². The summed E-state index contributed by atoms with van der Waals surface area (Å²) in [5, 5.41) is 3.76. The lowest BCUT2D eigenvalue weighted by molar-refractivity contribution is 0.545. The second-order valence-electron chi connectivity index (χ2n) is 5.06. The lowest BCUT2D eigenvalue weighted by atomic mass is 9.97. The topological polar surface area (TPSA) is 12.0 Å². The highest BCUT2D eigenvalue weighted by Gasteiger charge is 2.16. The highest BCUT2D eigenvalue weighted by atomic mass is 35.5. The van der Waals surface area contributed by atoms with Crippen LogP contribution < -0.4 is 5.32 Å². The van der Waals surface area contributed by atoms with Gasteiger partial charge in [-0.1, -0.05) is 36.7 Å². The third-order valence-electron chi connectivity index (χ3n) is 3.46. The Bertz CT molecular complexity index is 611. The van der Waals surface area contributed by atoms with Crippen molar-refractivity contribution < 1.29 is 8.78 Å². The van der Waals surface area contributed by atoms with Gasteiger partial charge < -0.3 is 5.32 Å². The molecule has 4 heteroatoms. The Morgan fingerprint density at radius 3 is 2.43 bits per heavy atom. The maximum absolute atomic E-state index is 13.5. The minimum Gasteiger partial charge on any atom is -0.310 e. The summed E-state index contributed by atoms with van der Waals surface area (Å²) < 4.78 is 26.5. The van der Waals surface area contributed by atoms with E-state index >= 15 is 0 Å². The molecule has 2 aromatic carbocycles. The highest BCUT2D eigenvalue weighted by molar-refractivity contribution is 6.31. The van der Waals surface area contributed by atoms with Gasteiger partial charge in [0.1, 0.15) is 11.6 Å². The van der Waals surface area contributed by atoms with E-state index in [1.807, 2.05) is 6.92 Å². The Balaban J connectivity index is 2.30. The molecule has 0 fully saturated rings. The second kappa shape index (κ2) is 7.01. The van der Waals surface area contributed by atoms with Gasteiger partial charge in [0.05, 0.1) is 0 Å². The molecule has 0 aliphatic rings. The van der Waals surface area contributed by atoms with Gasteiger partial charge in [0.15, 0.2) is 0 Å². The van der Waals surface area contributed by atoms with Crippen LogP contribution in [0.3, 0.4) is 0 Å². The van der Waals surface area contributed by atoms with Gasteiger partial charge in [0.25, 0.3) is 0 Å². The zero-order valence-electron chi connectivity index (χ0n) is 12.1. The number of nitrogens with one attached hydrogen (secondary N) is 1. The van der Waals surface area contributed by atoms with E-state index in [1.165, 1.54) is 18.2 Å². The van der Waals surface area contributed by atoms with Crippen molar-refractivity contribution in [1.29, 1.82) is 0 Å². The standard InChI is InChI=1S/C17H18ClF2N/c1-3-21-17(9-12-4-6-13(19)7-5-12)14-8-11(2)16(20)10-15(14)18/h4-8,10,17,21H,3,9H2,1-2H3. The molecule has 112 valence electrons. The molecule has 1 nitrogen and oxygen atoms in total. The first kappa shape index (κ1) is 15.9. The predicted molar refractivity (Wildman–Crippen MR) is 82.7 cm³/mol. The van der Waals surface area contributed by atoms with Crippen molar-refractivity contribution in [2.45, 2.75) is 26.3 Å². The Kier molecular flexibility index (Phi) is 5.32. The van der Waals surface area contributed by atoms with Crippen molar-refractivity contribution in [2.24, 2.45) is 0 Å². The third-order valence-corrected chi connectivity index (χ3v) is 3.78. The number of hydrogen-bond acceptors (Lipinski definition) is 1. The summed E-state index contributed by atoms with van der Waals surface area (Å²) in [5.41, 5.74) is 2.43. The molecule has 1 unspecified atom stereocenters. The third kappa shape index (κ3) is 4.02. The molecule has 0 saturated heterocycles. The highest BCUT2D eigenvalue weighted by Crippen LogP contribution is 2.28. The van der Waals surface area contributed by atoms with Crippen LogP contribution >= 0.6 is 11.6 Å². The summed E-state index contributed by atoms with van der Waals surface area (Å²) in [7, 11) is 0. The molecule has 0 radical (unpaired) electrons. The molecule has 0 aliphatic carbocycles. The first-order valence-corrected chi connectivity index (χ1v) is 7.32. The molecular formula is C17H18ClF2N. The quantitative estimate of drug-likeness (QED) is 0.835. The van der Waals surface area contributed by atoms with E-state index in [1.54, 1.807) is 25.1 Å². The van der Waals surface area contributed by atoms with Crippen molar-refractivity contribution in [1.82, 2.24) is 5.32 Å². The van der Waals surface area contributed by atoms with E-state index < -0.39 is 0 Å². The molecule has 0 heterocycles. The van der Waals surface area contributed by atoms with Crippen LogP contribution in [0, 0.1) is 18.6 Å². The van der Waals surface area contributed by atoms with Crippen LogP contribution in [-0.2, 0) is 6.42 Å². The van der Waals surface area contributed by atoms with E-state index in [0.29, 0.717) is 17.0 Å². The molecular weight excluding hydrogens is 292 g/mol.